The molecular weight excluding hydrogens is 280 g/mol. The van der Waals surface area contributed by atoms with E-state index in [-0.39, 0.29) is 22.8 Å². The van der Waals surface area contributed by atoms with Crippen LogP contribution in [0, 0.1) is 0 Å². The summed E-state index contributed by atoms with van der Waals surface area (Å²) in [6.07, 6.45) is 3.41. The maximum atomic E-state index is 11.3. The molecule has 1 aromatic rings. The van der Waals surface area contributed by atoms with Crippen LogP contribution >= 0.6 is 10.7 Å². The van der Waals surface area contributed by atoms with Crippen molar-refractivity contribution in [2.75, 3.05) is 6.61 Å². The lowest BCUT2D eigenvalue weighted by Crippen LogP contribution is -2.04. The van der Waals surface area contributed by atoms with Gasteiger partial charge < -0.3 is 9.84 Å². The molecule has 0 aromatic heterocycles. The molecule has 0 unspecified atom stereocenters. The van der Waals surface area contributed by atoms with Gasteiger partial charge in [0.1, 0.15) is 17.3 Å². The van der Waals surface area contributed by atoms with Crippen molar-refractivity contribution in [3.05, 3.63) is 35.9 Å². The highest BCUT2D eigenvalue weighted by atomic mass is 35.7. The summed E-state index contributed by atoms with van der Waals surface area (Å²) in [4.78, 5) is 10.4. The van der Waals surface area contributed by atoms with Gasteiger partial charge in [0.25, 0.3) is 9.05 Å². The third-order valence-corrected chi connectivity index (χ3v) is 3.37. The summed E-state index contributed by atoms with van der Waals surface area (Å²) in [5, 5.41) is 8.79. The molecule has 0 radical (unpaired) electrons. The van der Waals surface area contributed by atoms with Crippen LogP contribution in [0.5, 0.6) is 5.75 Å². The number of allylic oxidation sites excluding steroid dienone is 1. The summed E-state index contributed by atoms with van der Waals surface area (Å²) in [5.41, 5.74) is -0.174. The maximum absolute atomic E-state index is 11.3. The summed E-state index contributed by atoms with van der Waals surface area (Å²) in [7, 11) is 1.17. The van der Waals surface area contributed by atoms with Crippen LogP contribution in [-0.4, -0.2) is 26.1 Å². The van der Waals surface area contributed by atoms with Crippen LogP contribution in [0.1, 0.15) is 17.3 Å². The van der Waals surface area contributed by atoms with Gasteiger partial charge in [-0.25, -0.2) is 13.2 Å². The number of benzene rings is 1. The number of halogens is 1. The molecular formula is C11H11ClO5S. The van der Waals surface area contributed by atoms with Crippen LogP contribution in [-0.2, 0) is 9.05 Å². The number of hydrogen-bond acceptors (Lipinski definition) is 4. The molecule has 18 heavy (non-hydrogen) atoms. The van der Waals surface area contributed by atoms with E-state index in [1.165, 1.54) is 12.1 Å². The number of carboxylic acid groups (broad SMARTS) is 1. The standard InChI is InChI=1S/C11H11ClO5S/c1-2-3-6-17-9-5-4-8(11(13)14)7-10(9)18(12,15)16/h2-5,7H,6H2,1H3,(H,13,14)/b3-2+. The Labute approximate surface area is 109 Å². The second kappa shape index (κ2) is 5.88. The van der Waals surface area contributed by atoms with E-state index in [2.05, 4.69) is 0 Å². The van der Waals surface area contributed by atoms with Gasteiger partial charge in [0.05, 0.1) is 5.56 Å². The fraction of sp³-hybridized carbons (Fsp3) is 0.182. The lowest BCUT2D eigenvalue weighted by molar-refractivity contribution is 0.0696. The van der Waals surface area contributed by atoms with Crippen LogP contribution in [0.3, 0.4) is 0 Å². The number of rotatable bonds is 5. The molecule has 0 aliphatic carbocycles. The highest BCUT2D eigenvalue weighted by Gasteiger charge is 2.19. The molecule has 0 atom stereocenters. The van der Waals surface area contributed by atoms with E-state index in [4.69, 9.17) is 20.5 Å². The molecule has 5 nitrogen and oxygen atoms in total. The fourth-order valence-electron chi connectivity index (χ4n) is 1.18. The third-order valence-electron chi connectivity index (χ3n) is 2.02. The topological polar surface area (TPSA) is 80.7 Å². The fourth-order valence-corrected chi connectivity index (χ4v) is 2.18. The third kappa shape index (κ3) is 3.75. The van der Waals surface area contributed by atoms with Crippen molar-refractivity contribution in [3.63, 3.8) is 0 Å². The molecule has 1 N–H and O–H groups in total. The van der Waals surface area contributed by atoms with Crippen LogP contribution in [0.25, 0.3) is 0 Å². The van der Waals surface area contributed by atoms with Crippen molar-refractivity contribution >= 4 is 25.7 Å². The zero-order valence-electron chi connectivity index (χ0n) is 9.46. The predicted octanol–water partition coefficient (Wildman–Crippen LogP) is 2.27. The molecule has 1 rings (SSSR count). The van der Waals surface area contributed by atoms with Gasteiger partial charge in [-0.2, -0.15) is 0 Å². The number of carboxylic acids is 1. The normalized spacial score (nSPS) is 11.7. The SMILES string of the molecule is C/C=C/COc1ccc(C(=O)O)cc1S(=O)(=O)Cl. The Morgan fingerprint density at radius 2 is 2.17 bits per heavy atom. The summed E-state index contributed by atoms with van der Waals surface area (Å²) in [6, 6.07) is 3.48. The van der Waals surface area contributed by atoms with E-state index in [0.29, 0.717) is 0 Å². The van der Waals surface area contributed by atoms with E-state index >= 15 is 0 Å². The number of aromatic carboxylic acids is 1. The minimum Gasteiger partial charge on any atom is -0.488 e. The van der Waals surface area contributed by atoms with E-state index in [9.17, 15) is 13.2 Å². The van der Waals surface area contributed by atoms with Crippen molar-refractivity contribution in [2.45, 2.75) is 11.8 Å². The average Bonchev–Trinajstić information content (AvgIpc) is 2.28. The molecule has 0 saturated heterocycles. The Kier molecular flexibility index (Phi) is 4.75. The predicted molar refractivity (Wildman–Crippen MR) is 66.7 cm³/mol. The molecule has 0 aliphatic rings. The summed E-state index contributed by atoms with van der Waals surface area (Å²) in [5.74, 6) is -1.22. The van der Waals surface area contributed by atoms with Gasteiger partial charge >= 0.3 is 5.97 Å². The summed E-state index contributed by atoms with van der Waals surface area (Å²) in [6.45, 7) is 1.96. The van der Waals surface area contributed by atoms with Crippen LogP contribution in [0.15, 0.2) is 35.2 Å². The zero-order valence-corrected chi connectivity index (χ0v) is 11.0. The second-order valence-corrected chi connectivity index (χ2v) is 5.82. The van der Waals surface area contributed by atoms with Gasteiger partial charge in [-0.1, -0.05) is 12.2 Å². The van der Waals surface area contributed by atoms with Gasteiger partial charge in [0.2, 0.25) is 0 Å². The second-order valence-electron chi connectivity index (χ2n) is 3.28. The largest absolute Gasteiger partial charge is 0.488 e. The van der Waals surface area contributed by atoms with Gasteiger partial charge in [0, 0.05) is 10.7 Å². The molecule has 0 bridgehead atoms. The Hall–Kier alpha value is -1.53. The molecule has 98 valence electrons. The molecule has 0 aliphatic heterocycles. The molecule has 0 fully saturated rings. The van der Waals surface area contributed by atoms with Crippen LogP contribution < -0.4 is 4.74 Å². The van der Waals surface area contributed by atoms with E-state index in [1.807, 2.05) is 0 Å². The van der Waals surface area contributed by atoms with E-state index < -0.39 is 15.0 Å². The Bertz CT molecular complexity index is 577. The highest BCUT2D eigenvalue weighted by molar-refractivity contribution is 8.13. The smallest absolute Gasteiger partial charge is 0.335 e. The number of hydrogen-bond donors (Lipinski definition) is 1. The minimum absolute atomic E-state index is 0.0214. The zero-order chi connectivity index (χ0) is 13.8. The molecule has 7 heteroatoms. The average molecular weight is 291 g/mol. The van der Waals surface area contributed by atoms with E-state index in [1.54, 1.807) is 19.1 Å². The van der Waals surface area contributed by atoms with E-state index in [0.717, 1.165) is 6.07 Å². The van der Waals surface area contributed by atoms with Crippen molar-refractivity contribution in [1.29, 1.82) is 0 Å². The Morgan fingerprint density at radius 1 is 1.50 bits per heavy atom. The number of carbonyl (C=O) groups is 1. The Balaban J connectivity index is 3.22. The van der Waals surface area contributed by atoms with Crippen molar-refractivity contribution in [2.24, 2.45) is 0 Å². The number of ether oxygens (including phenoxy) is 1. The first-order valence-corrected chi connectivity index (χ1v) is 7.23. The lowest BCUT2D eigenvalue weighted by atomic mass is 10.2. The van der Waals surface area contributed by atoms with Crippen molar-refractivity contribution in [1.82, 2.24) is 0 Å². The first-order chi connectivity index (χ1) is 8.36. The van der Waals surface area contributed by atoms with Crippen LogP contribution in [0.4, 0.5) is 0 Å². The van der Waals surface area contributed by atoms with Crippen molar-refractivity contribution in [3.8, 4) is 5.75 Å². The molecule has 0 spiro atoms. The van der Waals surface area contributed by atoms with Gasteiger partial charge in [-0.05, 0) is 25.1 Å². The van der Waals surface area contributed by atoms with Gasteiger partial charge in [-0.15, -0.1) is 0 Å². The first kappa shape index (κ1) is 14.5. The van der Waals surface area contributed by atoms with Gasteiger partial charge in [-0.3, -0.25) is 0 Å². The minimum atomic E-state index is -4.07. The first-order valence-electron chi connectivity index (χ1n) is 4.92. The molecule has 1 aromatic carbocycles. The van der Waals surface area contributed by atoms with Crippen molar-refractivity contribution < 1.29 is 23.1 Å². The quantitative estimate of drug-likeness (QED) is 0.664. The van der Waals surface area contributed by atoms with Gasteiger partial charge in [0.15, 0.2) is 0 Å². The monoisotopic (exact) mass is 290 g/mol. The van der Waals surface area contributed by atoms with Crippen LogP contribution in [0.2, 0.25) is 0 Å². The summed E-state index contributed by atoms with van der Waals surface area (Å²) < 4.78 is 27.9. The molecule has 0 heterocycles. The Morgan fingerprint density at radius 3 is 2.67 bits per heavy atom. The highest BCUT2D eigenvalue weighted by Crippen LogP contribution is 2.28. The molecule has 0 saturated carbocycles. The lowest BCUT2D eigenvalue weighted by Gasteiger charge is -2.08. The summed E-state index contributed by atoms with van der Waals surface area (Å²) >= 11 is 0. The molecule has 0 amide bonds. The maximum Gasteiger partial charge on any atom is 0.335 e.